The first-order valence-electron chi connectivity index (χ1n) is 6.73. The van der Waals surface area contributed by atoms with Crippen molar-refractivity contribution < 1.29 is 19.8 Å². The van der Waals surface area contributed by atoms with E-state index in [2.05, 4.69) is 21.7 Å². The van der Waals surface area contributed by atoms with Crippen LogP contribution < -0.4 is 14.8 Å². The number of unbranched alkanes of at least 4 members (excludes halogenated alkanes) is 2. The van der Waals surface area contributed by atoms with Crippen molar-refractivity contribution in [1.29, 1.82) is 0 Å². The molecule has 1 amide bonds. The molecule has 0 aromatic carbocycles. The van der Waals surface area contributed by atoms with E-state index >= 15 is 0 Å². The lowest BCUT2D eigenvalue weighted by Gasteiger charge is -2.18. The summed E-state index contributed by atoms with van der Waals surface area (Å²) in [4.78, 5) is 22.7. The summed E-state index contributed by atoms with van der Waals surface area (Å²) in [6.45, 7) is 3.46. The highest BCUT2D eigenvalue weighted by Crippen LogP contribution is 2.05. The van der Waals surface area contributed by atoms with Gasteiger partial charge in [0.15, 0.2) is 0 Å². The molecule has 3 atom stereocenters. The number of rotatable bonds is 11. The lowest BCUT2D eigenvalue weighted by molar-refractivity contribution is -0.141. The van der Waals surface area contributed by atoms with Gasteiger partial charge in [-0.25, -0.2) is 4.72 Å². The molecule has 5 N–H and O–H groups in total. The topological polar surface area (TPSA) is 111 Å². The second-order valence-electron chi connectivity index (χ2n) is 4.58. The van der Waals surface area contributed by atoms with Gasteiger partial charge in [-0.3, -0.25) is 14.3 Å². The first-order chi connectivity index (χ1) is 9.43. The molecule has 0 unspecified atom stereocenters. The fourth-order valence-corrected chi connectivity index (χ4v) is 2.30. The number of aliphatic hydroxyl groups is 1. The Balaban J connectivity index is 4.08. The van der Waals surface area contributed by atoms with Gasteiger partial charge >= 0.3 is 5.97 Å². The molecule has 0 fully saturated rings. The molecule has 0 aliphatic carbocycles. The second-order valence-corrected chi connectivity index (χ2v) is 5.22. The number of hydrogen-bond donors (Lipinski definition) is 5. The van der Waals surface area contributed by atoms with Crippen molar-refractivity contribution in [2.75, 3.05) is 7.05 Å². The van der Waals surface area contributed by atoms with Crippen LogP contribution in [0.5, 0.6) is 0 Å². The van der Waals surface area contributed by atoms with Crippen LogP contribution in [0.4, 0.5) is 0 Å². The summed E-state index contributed by atoms with van der Waals surface area (Å²) < 4.78 is 5.03. The first kappa shape index (κ1) is 19.2. The zero-order valence-corrected chi connectivity index (χ0v) is 13.0. The number of carboxylic acids is 1. The van der Waals surface area contributed by atoms with Crippen molar-refractivity contribution in [3.05, 3.63) is 0 Å². The Morgan fingerprint density at radius 1 is 1.30 bits per heavy atom. The summed E-state index contributed by atoms with van der Waals surface area (Å²) in [5.74, 6) is -1.38. The number of carbonyl (C=O) groups is 2. The molecule has 118 valence electrons. The van der Waals surface area contributed by atoms with Gasteiger partial charge in [0, 0.05) is 12.1 Å². The third-order valence-corrected chi connectivity index (χ3v) is 3.52. The van der Waals surface area contributed by atoms with Crippen LogP contribution >= 0.6 is 12.1 Å². The highest BCUT2D eigenvalue weighted by Gasteiger charge is 2.23. The van der Waals surface area contributed by atoms with Crippen molar-refractivity contribution in [3.63, 3.8) is 0 Å². The predicted octanol–water partition coefficient (Wildman–Crippen LogP) is 0.258. The smallest absolute Gasteiger partial charge is 0.324 e. The Morgan fingerprint density at radius 3 is 2.40 bits per heavy atom. The molecular weight excluding hydrogens is 282 g/mol. The lowest BCUT2D eigenvalue weighted by Crippen LogP contribution is -2.45. The zero-order chi connectivity index (χ0) is 15.5. The molecule has 0 aliphatic heterocycles. The van der Waals surface area contributed by atoms with Gasteiger partial charge in [-0.1, -0.05) is 26.2 Å². The van der Waals surface area contributed by atoms with Crippen molar-refractivity contribution in [2.24, 2.45) is 0 Å². The van der Waals surface area contributed by atoms with E-state index < -0.39 is 18.1 Å². The highest BCUT2D eigenvalue weighted by molar-refractivity contribution is 7.96. The zero-order valence-electron chi connectivity index (χ0n) is 12.2. The first-order valence-corrected chi connectivity index (χ1v) is 7.55. The molecule has 7 nitrogen and oxygen atoms in total. The molecular formula is C12H25N3O4S. The van der Waals surface area contributed by atoms with E-state index in [0.29, 0.717) is 0 Å². The van der Waals surface area contributed by atoms with Crippen molar-refractivity contribution >= 4 is 24.0 Å². The highest BCUT2D eigenvalue weighted by atomic mass is 32.2. The Kier molecular flexibility index (Phi) is 10.4. The number of aliphatic hydroxyl groups excluding tert-OH is 1. The SMILES string of the molecule is CCCCC[C@H](NC)C(=O)NSN[C@H](C(=O)O)[C@@H](C)O. The Hall–Kier alpha value is -0.830. The molecule has 0 saturated carbocycles. The summed E-state index contributed by atoms with van der Waals surface area (Å²) in [6.07, 6.45) is 2.79. The maximum atomic E-state index is 11.8. The quantitative estimate of drug-likeness (QED) is 0.275. The average molecular weight is 307 g/mol. The van der Waals surface area contributed by atoms with Gasteiger partial charge in [-0.15, -0.1) is 0 Å². The third kappa shape index (κ3) is 7.68. The Labute approximate surface area is 124 Å². The number of hydrogen-bond acceptors (Lipinski definition) is 6. The van der Waals surface area contributed by atoms with Gasteiger partial charge < -0.3 is 15.5 Å². The monoisotopic (exact) mass is 307 g/mol. The molecule has 0 rings (SSSR count). The normalized spacial score (nSPS) is 15.4. The minimum Gasteiger partial charge on any atom is -0.480 e. The van der Waals surface area contributed by atoms with Crippen LogP contribution in [0, 0.1) is 0 Å². The molecule has 0 aliphatic rings. The van der Waals surface area contributed by atoms with Gasteiger partial charge in [0.05, 0.1) is 12.1 Å². The van der Waals surface area contributed by atoms with E-state index in [-0.39, 0.29) is 11.9 Å². The summed E-state index contributed by atoms with van der Waals surface area (Å²) in [7, 11) is 1.71. The van der Waals surface area contributed by atoms with E-state index in [1.807, 2.05) is 0 Å². The second kappa shape index (κ2) is 10.9. The summed E-state index contributed by atoms with van der Waals surface area (Å²) in [5, 5.41) is 21.0. The lowest BCUT2D eigenvalue weighted by atomic mass is 10.1. The van der Waals surface area contributed by atoms with Crippen LogP contribution in [0.1, 0.15) is 39.5 Å². The molecule has 0 spiro atoms. The van der Waals surface area contributed by atoms with Gasteiger partial charge in [0.25, 0.3) is 0 Å². The van der Waals surface area contributed by atoms with Crippen LogP contribution in [0.15, 0.2) is 0 Å². The molecule has 0 bridgehead atoms. The molecule has 0 heterocycles. The molecule has 0 aromatic rings. The van der Waals surface area contributed by atoms with Crippen LogP contribution in [0.2, 0.25) is 0 Å². The molecule has 20 heavy (non-hydrogen) atoms. The number of likely N-dealkylation sites (N-methyl/N-ethyl adjacent to an activating group) is 1. The predicted molar refractivity (Wildman–Crippen MR) is 79.0 cm³/mol. The van der Waals surface area contributed by atoms with E-state index in [1.165, 1.54) is 6.92 Å². The van der Waals surface area contributed by atoms with Crippen LogP contribution in [0.25, 0.3) is 0 Å². The minimum atomic E-state index is -1.17. The molecule has 0 aromatic heterocycles. The van der Waals surface area contributed by atoms with Gasteiger partial charge in [0.1, 0.15) is 6.04 Å². The number of carbonyl (C=O) groups excluding carboxylic acids is 1. The maximum Gasteiger partial charge on any atom is 0.324 e. The maximum absolute atomic E-state index is 11.8. The van der Waals surface area contributed by atoms with E-state index in [4.69, 9.17) is 5.11 Å². The van der Waals surface area contributed by atoms with Gasteiger partial charge in [0.2, 0.25) is 5.91 Å². The van der Waals surface area contributed by atoms with Crippen LogP contribution in [0.3, 0.4) is 0 Å². The average Bonchev–Trinajstić information content (AvgIpc) is 2.38. The third-order valence-electron chi connectivity index (χ3n) is 2.85. The standard InChI is InChI=1S/C12H25N3O4S/c1-4-5-6-7-9(13-3)11(17)15-20-14-10(8(2)16)12(18)19/h8-10,13-14,16H,4-7H2,1-3H3,(H,15,17)(H,18,19)/t8-,9+,10+/m1/s1. The van der Waals surface area contributed by atoms with Crippen molar-refractivity contribution in [1.82, 2.24) is 14.8 Å². The fourth-order valence-electron chi connectivity index (χ4n) is 1.57. The van der Waals surface area contributed by atoms with Crippen molar-refractivity contribution in [3.8, 4) is 0 Å². The number of amides is 1. The molecule has 0 saturated heterocycles. The summed E-state index contributed by atoms with van der Waals surface area (Å²) >= 11 is 0.779. The van der Waals surface area contributed by atoms with Gasteiger partial charge in [-0.05, 0) is 20.4 Å². The molecule has 0 radical (unpaired) electrons. The fraction of sp³-hybridized carbons (Fsp3) is 0.833. The number of carboxylic acid groups (broad SMARTS) is 1. The largest absolute Gasteiger partial charge is 0.480 e. The summed E-state index contributed by atoms with van der Waals surface area (Å²) in [6, 6.07) is -1.43. The van der Waals surface area contributed by atoms with E-state index in [1.54, 1.807) is 7.05 Å². The van der Waals surface area contributed by atoms with Crippen molar-refractivity contribution in [2.45, 2.75) is 57.7 Å². The van der Waals surface area contributed by atoms with Crippen LogP contribution in [-0.4, -0.2) is 47.3 Å². The minimum absolute atomic E-state index is 0.212. The Bertz CT molecular complexity index is 302. The number of nitrogens with one attached hydrogen (secondary N) is 3. The van der Waals surface area contributed by atoms with E-state index in [0.717, 1.165) is 37.8 Å². The Morgan fingerprint density at radius 2 is 1.95 bits per heavy atom. The summed E-state index contributed by atoms with van der Waals surface area (Å²) in [5.41, 5.74) is 0. The van der Waals surface area contributed by atoms with E-state index in [9.17, 15) is 14.7 Å². The number of aliphatic carboxylic acids is 1. The van der Waals surface area contributed by atoms with Gasteiger partial charge in [-0.2, -0.15) is 0 Å². The molecule has 8 heteroatoms. The van der Waals surface area contributed by atoms with Crippen LogP contribution in [-0.2, 0) is 9.59 Å².